The van der Waals surface area contributed by atoms with Gasteiger partial charge in [-0.3, -0.25) is 4.79 Å². The molecule has 3 rings (SSSR count). The third kappa shape index (κ3) is 4.07. The molecule has 6 heteroatoms. The highest BCUT2D eigenvalue weighted by molar-refractivity contribution is 7.90. The van der Waals surface area contributed by atoms with E-state index in [9.17, 15) is 13.2 Å². The summed E-state index contributed by atoms with van der Waals surface area (Å²) in [6, 6.07) is 12.8. The minimum Gasteiger partial charge on any atom is -0.488 e. The molecule has 0 saturated heterocycles. The third-order valence-corrected chi connectivity index (χ3v) is 5.57. The fraction of sp³-hybridized carbons (Fsp3) is 0.350. The maximum Gasteiger partial charge on any atom is 0.222 e. The largest absolute Gasteiger partial charge is 0.488 e. The predicted molar refractivity (Wildman–Crippen MR) is 101 cm³/mol. The van der Waals surface area contributed by atoms with Crippen molar-refractivity contribution in [3.8, 4) is 16.9 Å². The number of hydrogen-bond donors (Lipinski definition) is 1. The summed E-state index contributed by atoms with van der Waals surface area (Å²) >= 11 is 0. The Morgan fingerprint density at radius 2 is 1.81 bits per heavy atom. The van der Waals surface area contributed by atoms with Crippen molar-refractivity contribution in [1.29, 1.82) is 0 Å². The van der Waals surface area contributed by atoms with E-state index in [4.69, 9.17) is 4.74 Å². The predicted octanol–water partition coefficient (Wildman–Crippen LogP) is 2.83. The van der Waals surface area contributed by atoms with Crippen LogP contribution in [-0.4, -0.2) is 33.2 Å². The van der Waals surface area contributed by atoms with Crippen LogP contribution in [0.2, 0.25) is 0 Å². The van der Waals surface area contributed by atoms with Gasteiger partial charge in [0, 0.05) is 18.6 Å². The quantitative estimate of drug-likeness (QED) is 0.875. The molecule has 1 amide bonds. The molecule has 0 saturated carbocycles. The molecule has 0 radical (unpaired) electrons. The zero-order chi connectivity index (χ0) is 18.9. The van der Waals surface area contributed by atoms with Gasteiger partial charge >= 0.3 is 0 Å². The van der Waals surface area contributed by atoms with Gasteiger partial charge < -0.3 is 10.1 Å². The lowest BCUT2D eigenvalue weighted by Crippen LogP contribution is -2.36. The smallest absolute Gasteiger partial charge is 0.222 e. The highest BCUT2D eigenvalue weighted by Gasteiger charge is 2.24. The highest BCUT2D eigenvalue weighted by Crippen LogP contribution is 2.33. The lowest BCUT2D eigenvalue weighted by molar-refractivity contribution is -0.124. The molecule has 0 fully saturated rings. The molecule has 0 aliphatic carbocycles. The van der Waals surface area contributed by atoms with Crippen molar-refractivity contribution in [3.63, 3.8) is 0 Å². The van der Waals surface area contributed by atoms with Gasteiger partial charge in [-0.2, -0.15) is 0 Å². The Balaban J connectivity index is 1.72. The zero-order valence-electron chi connectivity index (χ0n) is 15.2. The van der Waals surface area contributed by atoms with Crippen LogP contribution in [0.5, 0.6) is 5.75 Å². The molecule has 138 valence electrons. The fourth-order valence-electron chi connectivity index (χ4n) is 2.93. The lowest BCUT2D eigenvalue weighted by atomic mass is 10.0. The molecule has 2 aromatic rings. The Bertz CT molecular complexity index is 917. The summed E-state index contributed by atoms with van der Waals surface area (Å²) in [7, 11) is -3.19. The van der Waals surface area contributed by atoms with Crippen molar-refractivity contribution in [1.82, 2.24) is 5.32 Å². The minimum absolute atomic E-state index is 0.0243. The second kappa shape index (κ2) is 7.11. The van der Waals surface area contributed by atoms with Crippen LogP contribution in [0.15, 0.2) is 47.4 Å². The molecule has 0 bridgehead atoms. The number of carbonyl (C=O) groups is 1. The van der Waals surface area contributed by atoms with E-state index in [2.05, 4.69) is 11.4 Å². The van der Waals surface area contributed by atoms with Crippen LogP contribution in [0.4, 0.5) is 0 Å². The maximum atomic E-state index is 11.7. The van der Waals surface area contributed by atoms with Gasteiger partial charge in [-0.1, -0.05) is 32.0 Å². The standard InChI is InChI=1S/C20H23NO4S/c1-13(2)20(22)21-12-17-11-16-10-15(6-9-19(16)25-17)14-4-7-18(8-5-14)26(3,23)24/h4-10,13,17H,11-12H2,1-3H3,(H,21,22)/t17-/m0/s1. The van der Waals surface area contributed by atoms with Gasteiger partial charge in [0.25, 0.3) is 0 Å². The lowest BCUT2D eigenvalue weighted by Gasteiger charge is -2.13. The first-order chi connectivity index (χ1) is 12.2. The Morgan fingerprint density at radius 1 is 1.15 bits per heavy atom. The number of rotatable bonds is 5. The Kier molecular flexibility index (Phi) is 5.05. The number of ether oxygens (including phenoxy) is 1. The monoisotopic (exact) mass is 373 g/mol. The number of amides is 1. The first kappa shape index (κ1) is 18.5. The fourth-order valence-corrected chi connectivity index (χ4v) is 3.56. The van der Waals surface area contributed by atoms with E-state index in [-0.39, 0.29) is 17.9 Å². The molecule has 2 aromatic carbocycles. The zero-order valence-corrected chi connectivity index (χ0v) is 16.0. The van der Waals surface area contributed by atoms with Crippen molar-refractivity contribution in [2.24, 2.45) is 5.92 Å². The molecule has 26 heavy (non-hydrogen) atoms. The van der Waals surface area contributed by atoms with E-state index in [0.717, 1.165) is 28.9 Å². The summed E-state index contributed by atoms with van der Waals surface area (Å²) in [6.07, 6.45) is 1.88. The number of benzene rings is 2. The van der Waals surface area contributed by atoms with Gasteiger partial charge in [-0.15, -0.1) is 0 Å². The summed E-state index contributed by atoms with van der Waals surface area (Å²) < 4.78 is 29.0. The van der Waals surface area contributed by atoms with Crippen LogP contribution < -0.4 is 10.1 Å². The Morgan fingerprint density at radius 3 is 2.42 bits per heavy atom. The van der Waals surface area contributed by atoms with Crippen LogP contribution >= 0.6 is 0 Å². The summed E-state index contributed by atoms with van der Waals surface area (Å²) in [5.74, 6) is 0.821. The molecule has 5 nitrogen and oxygen atoms in total. The van der Waals surface area contributed by atoms with Crippen LogP contribution in [0.1, 0.15) is 19.4 Å². The molecule has 1 aliphatic heterocycles. The normalized spacial score (nSPS) is 16.2. The molecule has 1 heterocycles. The summed E-state index contributed by atoms with van der Waals surface area (Å²) in [4.78, 5) is 12.0. The summed E-state index contributed by atoms with van der Waals surface area (Å²) in [5, 5.41) is 2.90. The number of sulfone groups is 1. The molecule has 1 N–H and O–H groups in total. The van der Waals surface area contributed by atoms with Gasteiger partial charge in [0.1, 0.15) is 11.9 Å². The van der Waals surface area contributed by atoms with Crippen molar-refractivity contribution < 1.29 is 17.9 Å². The molecular weight excluding hydrogens is 350 g/mol. The maximum absolute atomic E-state index is 11.7. The van der Waals surface area contributed by atoms with E-state index in [1.54, 1.807) is 12.1 Å². The first-order valence-electron chi connectivity index (χ1n) is 8.62. The number of nitrogens with one attached hydrogen (secondary N) is 1. The molecule has 1 aliphatic rings. The Hall–Kier alpha value is -2.34. The first-order valence-corrected chi connectivity index (χ1v) is 10.5. The Labute approximate surface area is 154 Å². The third-order valence-electron chi connectivity index (χ3n) is 4.45. The molecular formula is C20H23NO4S. The van der Waals surface area contributed by atoms with Crippen LogP contribution in [-0.2, 0) is 21.1 Å². The van der Waals surface area contributed by atoms with Gasteiger partial charge in [0.2, 0.25) is 5.91 Å². The van der Waals surface area contributed by atoms with E-state index in [1.807, 2.05) is 38.1 Å². The topological polar surface area (TPSA) is 72.5 Å². The number of fused-ring (bicyclic) bond motifs is 1. The van der Waals surface area contributed by atoms with E-state index < -0.39 is 9.84 Å². The summed E-state index contributed by atoms with van der Waals surface area (Å²) in [6.45, 7) is 4.21. The van der Waals surface area contributed by atoms with Gasteiger partial charge in [0.05, 0.1) is 11.4 Å². The van der Waals surface area contributed by atoms with Crippen molar-refractivity contribution >= 4 is 15.7 Å². The van der Waals surface area contributed by atoms with Crippen molar-refractivity contribution in [2.75, 3.05) is 12.8 Å². The van der Waals surface area contributed by atoms with Crippen LogP contribution in [0.25, 0.3) is 11.1 Å². The molecule has 0 spiro atoms. The van der Waals surface area contributed by atoms with Crippen molar-refractivity contribution in [2.45, 2.75) is 31.3 Å². The van der Waals surface area contributed by atoms with Crippen LogP contribution in [0.3, 0.4) is 0 Å². The second-order valence-corrected chi connectivity index (χ2v) is 8.98. The molecule has 1 atom stereocenters. The van der Waals surface area contributed by atoms with E-state index in [0.29, 0.717) is 11.4 Å². The minimum atomic E-state index is -3.19. The van der Waals surface area contributed by atoms with E-state index >= 15 is 0 Å². The number of carbonyl (C=O) groups excluding carboxylic acids is 1. The SMILES string of the molecule is CC(C)C(=O)NC[C@@H]1Cc2cc(-c3ccc(S(C)(=O)=O)cc3)ccc2O1. The average Bonchev–Trinajstić information content (AvgIpc) is 3.00. The summed E-state index contributed by atoms with van der Waals surface area (Å²) in [5.41, 5.74) is 3.06. The van der Waals surface area contributed by atoms with Gasteiger partial charge in [0.15, 0.2) is 9.84 Å². The van der Waals surface area contributed by atoms with Crippen molar-refractivity contribution in [3.05, 3.63) is 48.0 Å². The number of hydrogen-bond acceptors (Lipinski definition) is 4. The van der Waals surface area contributed by atoms with Crippen LogP contribution in [0, 0.1) is 5.92 Å². The average molecular weight is 373 g/mol. The second-order valence-electron chi connectivity index (χ2n) is 6.96. The molecule has 0 aromatic heterocycles. The highest BCUT2D eigenvalue weighted by atomic mass is 32.2. The van der Waals surface area contributed by atoms with Gasteiger partial charge in [-0.05, 0) is 41.0 Å². The molecule has 0 unspecified atom stereocenters. The van der Waals surface area contributed by atoms with E-state index in [1.165, 1.54) is 6.26 Å². The van der Waals surface area contributed by atoms with Gasteiger partial charge in [-0.25, -0.2) is 8.42 Å².